The third-order valence-electron chi connectivity index (χ3n) is 2.47. The van der Waals surface area contributed by atoms with Crippen molar-refractivity contribution in [1.29, 1.82) is 0 Å². The van der Waals surface area contributed by atoms with Crippen molar-refractivity contribution in [2.75, 3.05) is 13.7 Å². The average molecular weight is 210 g/mol. The van der Waals surface area contributed by atoms with E-state index in [9.17, 15) is 4.79 Å². The van der Waals surface area contributed by atoms with E-state index in [1.807, 2.05) is 0 Å². The highest BCUT2D eigenvalue weighted by Gasteiger charge is 2.19. The Kier molecular flexibility index (Phi) is 4.95. The SMILES string of the molecule is C=CCOC1=C(C(=O)OC)CCCCC1. The molecule has 0 aliphatic heterocycles. The van der Waals surface area contributed by atoms with Crippen LogP contribution >= 0.6 is 0 Å². The summed E-state index contributed by atoms with van der Waals surface area (Å²) in [6.07, 6.45) is 6.53. The van der Waals surface area contributed by atoms with Crippen LogP contribution in [0, 0.1) is 0 Å². The van der Waals surface area contributed by atoms with Crippen molar-refractivity contribution < 1.29 is 14.3 Å². The molecular weight excluding hydrogens is 192 g/mol. The van der Waals surface area contributed by atoms with Gasteiger partial charge in [-0.1, -0.05) is 19.1 Å². The Bertz CT molecular complexity index is 266. The molecule has 1 aliphatic carbocycles. The lowest BCUT2D eigenvalue weighted by Gasteiger charge is -2.11. The summed E-state index contributed by atoms with van der Waals surface area (Å²) in [4.78, 5) is 11.5. The fourth-order valence-electron chi connectivity index (χ4n) is 1.71. The van der Waals surface area contributed by atoms with Gasteiger partial charge in [-0.3, -0.25) is 0 Å². The number of hydrogen-bond donors (Lipinski definition) is 0. The number of methoxy groups -OCH3 is 1. The minimum Gasteiger partial charge on any atom is -0.493 e. The zero-order valence-corrected chi connectivity index (χ0v) is 9.25. The molecule has 0 N–H and O–H groups in total. The molecular formula is C12H18O3. The van der Waals surface area contributed by atoms with E-state index < -0.39 is 0 Å². The quantitative estimate of drug-likeness (QED) is 0.528. The first-order valence-corrected chi connectivity index (χ1v) is 5.33. The molecule has 0 atom stereocenters. The molecule has 0 unspecified atom stereocenters. The Morgan fingerprint density at radius 3 is 2.80 bits per heavy atom. The van der Waals surface area contributed by atoms with Crippen LogP contribution in [-0.2, 0) is 14.3 Å². The van der Waals surface area contributed by atoms with Gasteiger partial charge in [-0.2, -0.15) is 0 Å². The van der Waals surface area contributed by atoms with Crippen LogP contribution in [0.1, 0.15) is 32.1 Å². The number of carbonyl (C=O) groups excluding carboxylic acids is 1. The highest BCUT2D eigenvalue weighted by Crippen LogP contribution is 2.25. The van der Waals surface area contributed by atoms with Crippen molar-refractivity contribution in [3.05, 3.63) is 24.0 Å². The van der Waals surface area contributed by atoms with Gasteiger partial charge >= 0.3 is 5.97 Å². The van der Waals surface area contributed by atoms with Gasteiger partial charge in [-0.05, 0) is 19.3 Å². The van der Waals surface area contributed by atoms with Gasteiger partial charge in [-0.15, -0.1) is 0 Å². The summed E-state index contributed by atoms with van der Waals surface area (Å²) in [7, 11) is 1.41. The Morgan fingerprint density at radius 1 is 1.40 bits per heavy atom. The summed E-state index contributed by atoms with van der Waals surface area (Å²) in [6, 6.07) is 0. The molecule has 3 heteroatoms. The monoisotopic (exact) mass is 210 g/mol. The molecule has 1 aliphatic rings. The summed E-state index contributed by atoms with van der Waals surface area (Å²) >= 11 is 0. The van der Waals surface area contributed by atoms with Gasteiger partial charge in [0.25, 0.3) is 0 Å². The first kappa shape index (κ1) is 11.8. The number of ether oxygens (including phenoxy) is 2. The van der Waals surface area contributed by atoms with E-state index in [0.717, 1.165) is 37.9 Å². The van der Waals surface area contributed by atoms with Crippen molar-refractivity contribution in [3.8, 4) is 0 Å². The second kappa shape index (κ2) is 6.27. The zero-order valence-electron chi connectivity index (χ0n) is 9.25. The number of esters is 1. The molecule has 0 radical (unpaired) electrons. The Balaban J connectivity index is 2.79. The maximum atomic E-state index is 11.5. The molecule has 0 heterocycles. The molecule has 84 valence electrons. The molecule has 0 spiro atoms. The normalized spacial score (nSPS) is 16.9. The number of rotatable bonds is 4. The zero-order chi connectivity index (χ0) is 11.1. The van der Waals surface area contributed by atoms with E-state index >= 15 is 0 Å². The summed E-state index contributed by atoms with van der Waals surface area (Å²) < 4.78 is 10.3. The Morgan fingerprint density at radius 2 is 2.13 bits per heavy atom. The van der Waals surface area contributed by atoms with E-state index in [1.165, 1.54) is 7.11 Å². The first-order valence-electron chi connectivity index (χ1n) is 5.33. The summed E-state index contributed by atoms with van der Waals surface area (Å²) in [5.41, 5.74) is 0.705. The van der Waals surface area contributed by atoms with Crippen molar-refractivity contribution in [3.63, 3.8) is 0 Å². The molecule has 0 aromatic rings. The van der Waals surface area contributed by atoms with Crippen LogP contribution in [0.3, 0.4) is 0 Å². The number of carbonyl (C=O) groups is 1. The van der Waals surface area contributed by atoms with Gasteiger partial charge in [0.1, 0.15) is 12.4 Å². The summed E-state index contributed by atoms with van der Waals surface area (Å²) in [5, 5.41) is 0. The van der Waals surface area contributed by atoms with Crippen molar-refractivity contribution in [2.45, 2.75) is 32.1 Å². The maximum Gasteiger partial charge on any atom is 0.337 e. The van der Waals surface area contributed by atoms with E-state index in [4.69, 9.17) is 9.47 Å². The van der Waals surface area contributed by atoms with Gasteiger partial charge in [0.15, 0.2) is 0 Å². The Hall–Kier alpha value is -1.25. The van der Waals surface area contributed by atoms with Gasteiger partial charge in [0.05, 0.1) is 12.7 Å². The van der Waals surface area contributed by atoms with Gasteiger partial charge in [0.2, 0.25) is 0 Å². The minimum absolute atomic E-state index is 0.254. The smallest absolute Gasteiger partial charge is 0.337 e. The lowest BCUT2D eigenvalue weighted by Crippen LogP contribution is -2.09. The fourth-order valence-corrected chi connectivity index (χ4v) is 1.71. The highest BCUT2D eigenvalue weighted by molar-refractivity contribution is 5.88. The first-order chi connectivity index (χ1) is 7.29. The van der Waals surface area contributed by atoms with Crippen molar-refractivity contribution in [2.24, 2.45) is 0 Å². The third kappa shape index (κ3) is 3.42. The van der Waals surface area contributed by atoms with Crippen molar-refractivity contribution in [1.82, 2.24) is 0 Å². The maximum absolute atomic E-state index is 11.5. The topological polar surface area (TPSA) is 35.5 Å². The summed E-state index contributed by atoms with van der Waals surface area (Å²) in [5.74, 6) is 0.537. The minimum atomic E-state index is -0.254. The van der Waals surface area contributed by atoms with E-state index in [0.29, 0.717) is 12.2 Å². The predicted octanol–water partition coefficient (Wildman–Crippen LogP) is 2.58. The predicted molar refractivity (Wildman–Crippen MR) is 58.3 cm³/mol. The third-order valence-corrected chi connectivity index (χ3v) is 2.47. The second-order valence-corrected chi connectivity index (χ2v) is 3.55. The molecule has 0 amide bonds. The van der Waals surface area contributed by atoms with Gasteiger partial charge < -0.3 is 9.47 Å². The largest absolute Gasteiger partial charge is 0.493 e. The molecule has 15 heavy (non-hydrogen) atoms. The Labute approximate surface area is 90.8 Å². The lowest BCUT2D eigenvalue weighted by atomic mass is 10.1. The number of allylic oxidation sites excluding steroid dienone is 1. The molecule has 0 bridgehead atoms. The second-order valence-electron chi connectivity index (χ2n) is 3.55. The molecule has 0 aromatic heterocycles. The van der Waals surface area contributed by atoms with E-state index in [1.54, 1.807) is 6.08 Å². The van der Waals surface area contributed by atoms with Crippen LogP contribution in [0.2, 0.25) is 0 Å². The van der Waals surface area contributed by atoms with Crippen LogP contribution < -0.4 is 0 Å². The fraction of sp³-hybridized carbons (Fsp3) is 0.583. The van der Waals surface area contributed by atoms with Crippen molar-refractivity contribution >= 4 is 5.97 Å². The lowest BCUT2D eigenvalue weighted by molar-refractivity contribution is -0.136. The molecule has 0 aromatic carbocycles. The molecule has 1 rings (SSSR count). The molecule has 0 saturated heterocycles. The van der Waals surface area contributed by atoms with E-state index in [-0.39, 0.29) is 5.97 Å². The van der Waals surface area contributed by atoms with Crippen LogP contribution in [0.5, 0.6) is 0 Å². The standard InChI is InChI=1S/C12H18O3/c1-3-9-15-11-8-6-4-5-7-10(11)12(13)14-2/h3H,1,4-9H2,2H3. The van der Waals surface area contributed by atoms with Crippen LogP contribution in [-0.4, -0.2) is 19.7 Å². The molecule has 0 fully saturated rings. The summed E-state index contributed by atoms with van der Waals surface area (Å²) in [6.45, 7) is 4.05. The van der Waals surface area contributed by atoms with Gasteiger partial charge in [-0.25, -0.2) is 4.79 Å². The van der Waals surface area contributed by atoms with Crippen LogP contribution in [0.4, 0.5) is 0 Å². The van der Waals surface area contributed by atoms with Crippen LogP contribution in [0.15, 0.2) is 24.0 Å². The molecule has 3 nitrogen and oxygen atoms in total. The van der Waals surface area contributed by atoms with Gasteiger partial charge in [0, 0.05) is 6.42 Å². The molecule has 0 saturated carbocycles. The van der Waals surface area contributed by atoms with Crippen LogP contribution in [0.25, 0.3) is 0 Å². The van der Waals surface area contributed by atoms with E-state index in [2.05, 4.69) is 6.58 Å². The highest BCUT2D eigenvalue weighted by atomic mass is 16.5. The average Bonchev–Trinajstić information content (AvgIpc) is 2.50. The number of hydrogen-bond acceptors (Lipinski definition) is 3.